The molecule has 8 heteroatoms. The van der Waals surface area contributed by atoms with Crippen molar-refractivity contribution in [3.8, 4) is 0 Å². The van der Waals surface area contributed by atoms with Crippen LogP contribution in [0.3, 0.4) is 0 Å². The minimum absolute atomic E-state index is 0.0474. The highest BCUT2D eigenvalue weighted by Crippen LogP contribution is 2.11. The summed E-state index contributed by atoms with van der Waals surface area (Å²) in [6.45, 7) is 8.36. The van der Waals surface area contributed by atoms with Crippen LogP contribution in [0.15, 0.2) is 0 Å². The summed E-state index contributed by atoms with van der Waals surface area (Å²) in [4.78, 5) is 46.6. The number of hydrogen-bond donors (Lipinski definition) is 3. The summed E-state index contributed by atoms with van der Waals surface area (Å²) in [7, 11) is 0. The van der Waals surface area contributed by atoms with Gasteiger partial charge in [-0.1, -0.05) is 20.8 Å². The first kappa shape index (κ1) is 20.9. The normalized spacial score (nSPS) is 14.5. The predicted molar refractivity (Wildman–Crippen MR) is 84.0 cm³/mol. The van der Waals surface area contributed by atoms with E-state index in [0.29, 0.717) is 0 Å². The van der Waals surface area contributed by atoms with E-state index in [2.05, 4.69) is 10.6 Å². The zero-order chi connectivity index (χ0) is 18.2. The van der Waals surface area contributed by atoms with Gasteiger partial charge in [0.25, 0.3) is 0 Å². The molecule has 23 heavy (non-hydrogen) atoms. The van der Waals surface area contributed by atoms with Crippen LogP contribution < -0.4 is 16.4 Å². The Hall–Kier alpha value is -2.12. The molecular weight excluding hydrogens is 302 g/mol. The molecule has 0 bridgehead atoms. The molecule has 8 nitrogen and oxygen atoms in total. The van der Waals surface area contributed by atoms with E-state index in [0.717, 1.165) is 0 Å². The van der Waals surface area contributed by atoms with E-state index >= 15 is 0 Å². The van der Waals surface area contributed by atoms with Crippen molar-refractivity contribution in [2.45, 2.75) is 53.1 Å². The molecule has 0 aliphatic heterocycles. The van der Waals surface area contributed by atoms with Crippen molar-refractivity contribution in [1.82, 2.24) is 10.6 Å². The molecule has 0 heterocycles. The molecule has 132 valence electrons. The lowest BCUT2D eigenvalue weighted by atomic mass is 9.96. The summed E-state index contributed by atoms with van der Waals surface area (Å²) < 4.78 is 4.82. The second-order valence-electron chi connectivity index (χ2n) is 5.80. The Kier molecular flexibility index (Phi) is 8.90. The third-order valence-electron chi connectivity index (χ3n) is 3.28. The van der Waals surface area contributed by atoms with E-state index < -0.39 is 35.8 Å². The zero-order valence-electron chi connectivity index (χ0n) is 14.3. The molecule has 4 N–H and O–H groups in total. The summed E-state index contributed by atoms with van der Waals surface area (Å²) in [6, 6.07) is -1.81. The number of primary amides is 1. The van der Waals surface area contributed by atoms with Gasteiger partial charge in [-0.3, -0.25) is 19.2 Å². The van der Waals surface area contributed by atoms with Crippen LogP contribution in [0.25, 0.3) is 0 Å². The van der Waals surface area contributed by atoms with Crippen LogP contribution in [0.2, 0.25) is 0 Å². The lowest BCUT2D eigenvalue weighted by Gasteiger charge is -2.26. The number of hydrogen-bond acceptors (Lipinski definition) is 5. The molecule has 0 aromatic carbocycles. The van der Waals surface area contributed by atoms with Crippen LogP contribution in [0, 0.1) is 11.8 Å². The van der Waals surface area contributed by atoms with Crippen molar-refractivity contribution in [2.24, 2.45) is 17.6 Å². The third-order valence-corrected chi connectivity index (χ3v) is 3.28. The molecule has 0 aromatic rings. The number of carbonyl (C=O) groups is 4. The molecule has 0 saturated heterocycles. The molecule has 0 aliphatic carbocycles. The fourth-order valence-corrected chi connectivity index (χ4v) is 2.09. The minimum Gasteiger partial charge on any atom is -0.466 e. The van der Waals surface area contributed by atoms with Gasteiger partial charge in [0.05, 0.1) is 13.0 Å². The summed E-state index contributed by atoms with van der Waals surface area (Å²) in [5, 5.41) is 5.04. The van der Waals surface area contributed by atoms with Crippen LogP contribution in [-0.2, 0) is 23.9 Å². The number of nitrogens with one attached hydrogen (secondary N) is 2. The average molecular weight is 329 g/mol. The maximum absolute atomic E-state index is 12.3. The fraction of sp³-hybridized carbons (Fsp3) is 0.733. The first-order chi connectivity index (χ1) is 10.6. The second kappa shape index (κ2) is 9.81. The number of carbonyl (C=O) groups excluding carboxylic acids is 4. The van der Waals surface area contributed by atoms with Gasteiger partial charge in [-0.2, -0.15) is 0 Å². The summed E-state index contributed by atoms with van der Waals surface area (Å²) in [5.74, 6) is -2.79. The van der Waals surface area contributed by atoms with E-state index in [-0.39, 0.29) is 24.9 Å². The first-order valence-corrected chi connectivity index (χ1v) is 7.62. The number of ether oxygens (including phenoxy) is 1. The van der Waals surface area contributed by atoms with Gasteiger partial charge < -0.3 is 21.1 Å². The van der Waals surface area contributed by atoms with Gasteiger partial charge in [0.2, 0.25) is 17.7 Å². The summed E-state index contributed by atoms with van der Waals surface area (Å²) >= 11 is 0. The highest BCUT2D eigenvalue weighted by atomic mass is 16.5. The smallest absolute Gasteiger partial charge is 0.306 e. The second-order valence-corrected chi connectivity index (χ2v) is 5.80. The maximum Gasteiger partial charge on any atom is 0.306 e. The van der Waals surface area contributed by atoms with Crippen LogP contribution in [0.5, 0.6) is 0 Å². The summed E-state index contributed by atoms with van der Waals surface area (Å²) in [5.41, 5.74) is 5.32. The van der Waals surface area contributed by atoms with Gasteiger partial charge in [0, 0.05) is 6.92 Å². The monoisotopic (exact) mass is 329 g/mol. The Morgan fingerprint density at radius 2 is 1.61 bits per heavy atom. The van der Waals surface area contributed by atoms with E-state index in [9.17, 15) is 19.2 Å². The lowest BCUT2D eigenvalue weighted by molar-refractivity contribution is -0.145. The Labute approximate surface area is 136 Å². The van der Waals surface area contributed by atoms with Crippen molar-refractivity contribution in [1.29, 1.82) is 0 Å². The molecule has 0 unspecified atom stereocenters. The quantitative estimate of drug-likeness (QED) is 0.501. The van der Waals surface area contributed by atoms with Gasteiger partial charge in [-0.25, -0.2) is 0 Å². The molecule has 3 atom stereocenters. The molecule has 0 aliphatic rings. The third kappa shape index (κ3) is 7.62. The van der Waals surface area contributed by atoms with Crippen molar-refractivity contribution in [3.63, 3.8) is 0 Å². The van der Waals surface area contributed by atoms with Crippen LogP contribution >= 0.6 is 0 Å². The lowest BCUT2D eigenvalue weighted by Crippen LogP contribution is -2.56. The van der Waals surface area contributed by atoms with Gasteiger partial charge in [-0.05, 0) is 18.8 Å². The Balaban J connectivity index is 4.97. The zero-order valence-corrected chi connectivity index (χ0v) is 14.3. The van der Waals surface area contributed by atoms with Gasteiger partial charge in [0.15, 0.2) is 0 Å². The van der Waals surface area contributed by atoms with Crippen molar-refractivity contribution in [2.75, 3.05) is 6.61 Å². The minimum atomic E-state index is -1.03. The Morgan fingerprint density at radius 3 is 2.00 bits per heavy atom. The molecule has 0 spiro atoms. The van der Waals surface area contributed by atoms with Crippen LogP contribution in [-0.4, -0.2) is 42.4 Å². The van der Waals surface area contributed by atoms with E-state index in [1.54, 1.807) is 27.7 Å². The fourth-order valence-electron chi connectivity index (χ4n) is 2.09. The van der Waals surface area contributed by atoms with Gasteiger partial charge in [0.1, 0.15) is 12.1 Å². The van der Waals surface area contributed by atoms with Gasteiger partial charge >= 0.3 is 5.97 Å². The molecule has 0 aromatic heterocycles. The van der Waals surface area contributed by atoms with Gasteiger partial charge in [-0.15, -0.1) is 0 Å². The molecule has 0 saturated carbocycles. The largest absolute Gasteiger partial charge is 0.466 e. The van der Waals surface area contributed by atoms with E-state index in [1.165, 1.54) is 6.92 Å². The average Bonchev–Trinajstić information content (AvgIpc) is 2.40. The van der Waals surface area contributed by atoms with Crippen molar-refractivity contribution < 1.29 is 23.9 Å². The van der Waals surface area contributed by atoms with Crippen LogP contribution in [0.1, 0.15) is 41.0 Å². The Bertz CT molecular complexity index is 450. The molecule has 0 fully saturated rings. The molecule has 3 amide bonds. The van der Waals surface area contributed by atoms with Crippen molar-refractivity contribution in [3.05, 3.63) is 0 Å². The SMILES string of the molecule is CCOC(=O)C[C@@H](C)[C@H](NC(=O)[C@H](NC(C)=O)C(C)C)C(N)=O. The molecular formula is C15H27N3O5. The number of amides is 3. The Morgan fingerprint density at radius 1 is 1.04 bits per heavy atom. The summed E-state index contributed by atoms with van der Waals surface area (Å²) in [6.07, 6.45) is -0.0474. The predicted octanol–water partition coefficient (Wildman–Crippen LogP) is -0.293. The highest BCUT2D eigenvalue weighted by molar-refractivity contribution is 5.91. The maximum atomic E-state index is 12.3. The molecule has 0 rings (SSSR count). The van der Waals surface area contributed by atoms with E-state index in [1.807, 2.05) is 0 Å². The van der Waals surface area contributed by atoms with E-state index in [4.69, 9.17) is 10.5 Å². The standard InChI is InChI=1S/C15H27N3O5/c1-6-23-11(20)7-9(4)13(14(16)21)18-15(22)12(8(2)3)17-10(5)19/h8-9,12-13H,6-7H2,1-5H3,(H2,16,21)(H,17,19)(H,18,22)/t9-,12-,13+/m1/s1. The first-order valence-electron chi connectivity index (χ1n) is 7.62. The highest BCUT2D eigenvalue weighted by Gasteiger charge is 2.31. The number of nitrogens with two attached hydrogens (primary N) is 1. The topological polar surface area (TPSA) is 128 Å². The van der Waals surface area contributed by atoms with Crippen LogP contribution in [0.4, 0.5) is 0 Å². The van der Waals surface area contributed by atoms with Crippen molar-refractivity contribution >= 4 is 23.7 Å². The molecule has 0 radical (unpaired) electrons. The number of esters is 1. The number of rotatable bonds is 9.